The minimum absolute atomic E-state index is 0.00728. The maximum absolute atomic E-state index is 12.4. The van der Waals surface area contributed by atoms with Crippen LogP contribution in [0.2, 0.25) is 0 Å². The quantitative estimate of drug-likeness (QED) is 0.907. The Hall–Kier alpha value is -2.13. The van der Waals surface area contributed by atoms with Crippen molar-refractivity contribution in [2.24, 2.45) is 0 Å². The fourth-order valence-electron chi connectivity index (χ4n) is 2.73. The minimum Gasteiger partial charge on any atom is -0.346 e. The second-order valence-electron chi connectivity index (χ2n) is 5.52. The lowest BCUT2D eigenvalue weighted by Crippen LogP contribution is -2.28. The molecule has 0 aliphatic carbocycles. The van der Waals surface area contributed by atoms with Gasteiger partial charge in [0.25, 0.3) is 5.91 Å². The second-order valence-corrected chi connectivity index (χ2v) is 5.52. The fourth-order valence-corrected chi connectivity index (χ4v) is 2.73. The van der Waals surface area contributed by atoms with E-state index in [1.54, 1.807) is 0 Å². The molecule has 0 spiro atoms. The molecular weight excluding hydrogens is 260 g/mol. The SMILES string of the molecule is C[C@@H](NC(=O)c1ccc2c(c1)CNCC2)c1ccccc1. The van der Waals surface area contributed by atoms with Crippen molar-refractivity contribution < 1.29 is 4.79 Å². The van der Waals surface area contributed by atoms with Crippen molar-refractivity contribution in [3.05, 3.63) is 70.8 Å². The molecule has 2 aromatic carbocycles. The number of hydrogen-bond donors (Lipinski definition) is 2. The summed E-state index contributed by atoms with van der Waals surface area (Å²) in [5, 5.41) is 6.40. The third kappa shape index (κ3) is 3.14. The van der Waals surface area contributed by atoms with Crippen molar-refractivity contribution in [1.29, 1.82) is 0 Å². The lowest BCUT2D eigenvalue weighted by atomic mass is 9.98. The Balaban J connectivity index is 1.73. The van der Waals surface area contributed by atoms with E-state index < -0.39 is 0 Å². The summed E-state index contributed by atoms with van der Waals surface area (Å²) in [6.45, 7) is 3.88. The first kappa shape index (κ1) is 13.8. The standard InChI is InChI=1S/C18H20N2O/c1-13(14-5-3-2-4-6-14)20-18(21)16-8-7-15-9-10-19-12-17(15)11-16/h2-8,11,13,19H,9-10,12H2,1H3,(H,20,21)/t13-/m1/s1. The molecule has 21 heavy (non-hydrogen) atoms. The van der Waals surface area contributed by atoms with Crippen LogP contribution in [0.4, 0.5) is 0 Å². The maximum atomic E-state index is 12.4. The summed E-state index contributed by atoms with van der Waals surface area (Å²) in [5.74, 6) is -0.0141. The van der Waals surface area contributed by atoms with E-state index in [2.05, 4.69) is 16.7 Å². The number of carbonyl (C=O) groups excluding carboxylic acids is 1. The van der Waals surface area contributed by atoms with Crippen molar-refractivity contribution in [2.75, 3.05) is 6.54 Å². The van der Waals surface area contributed by atoms with Gasteiger partial charge in [0.15, 0.2) is 0 Å². The summed E-state index contributed by atoms with van der Waals surface area (Å²) >= 11 is 0. The third-order valence-corrected chi connectivity index (χ3v) is 4.00. The fraction of sp³-hybridized carbons (Fsp3) is 0.278. The van der Waals surface area contributed by atoms with Gasteiger partial charge in [-0.15, -0.1) is 0 Å². The number of hydrogen-bond acceptors (Lipinski definition) is 2. The Morgan fingerprint density at radius 2 is 1.95 bits per heavy atom. The van der Waals surface area contributed by atoms with Crippen LogP contribution in [0.15, 0.2) is 48.5 Å². The largest absolute Gasteiger partial charge is 0.346 e. The number of fused-ring (bicyclic) bond motifs is 1. The molecule has 1 heterocycles. The van der Waals surface area contributed by atoms with Crippen LogP contribution in [0.3, 0.4) is 0 Å². The lowest BCUT2D eigenvalue weighted by molar-refractivity contribution is 0.0939. The summed E-state index contributed by atoms with van der Waals surface area (Å²) in [6.07, 6.45) is 1.04. The molecule has 0 aromatic heterocycles. The zero-order valence-corrected chi connectivity index (χ0v) is 12.2. The van der Waals surface area contributed by atoms with Crippen molar-refractivity contribution in [2.45, 2.75) is 25.9 Å². The second kappa shape index (κ2) is 6.10. The Bertz CT molecular complexity index is 637. The van der Waals surface area contributed by atoms with E-state index in [9.17, 15) is 4.79 Å². The molecule has 108 valence electrons. The molecule has 2 aromatic rings. The number of benzene rings is 2. The van der Waals surface area contributed by atoms with E-state index in [-0.39, 0.29) is 11.9 Å². The van der Waals surface area contributed by atoms with Crippen LogP contribution in [0.1, 0.15) is 40.0 Å². The number of rotatable bonds is 3. The molecule has 0 radical (unpaired) electrons. The molecule has 3 nitrogen and oxygen atoms in total. The minimum atomic E-state index is -0.0141. The van der Waals surface area contributed by atoms with Crippen LogP contribution in [0.5, 0.6) is 0 Å². The topological polar surface area (TPSA) is 41.1 Å². The Morgan fingerprint density at radius 1 is 1.14 bits per heavy atom. The van der Waals surface area contributed by atoms with Gasteiger partial charge in [-0.25, -0.2) is 0 Å². The van der Waals surface area contributed by atoms with Crippen LogP contribution < -0.4 is 10.6 Å². The highest BCUT2D eigenvalue weighted by Crippen LogP contribution is 2.17. The average molecular weight is 280 g/mol. The van der Waals surface area contributed by atoms with Crippen LogP contribution in [-0.4, -0.2) is 12.5 Å². The molecule has 1 aliphatic rings. The number of amides is 1. The predicted octanol–water partition coefficient (Wildman–Crippen LogP) is 2.82. The first-order valence-electron chi connectivity index (χ1n) is 7.42. The maximum Gasteiger partial charge on any atom is 0.251 e. The lowest BCUT2D eigenvalue weighted by Gasteiger charge is -2.19. The summed E-state index contributed by atoms with van der Waals surface area (Å²) in [5.41, 5.74) is 4.44. The van der Waals surface area contributed by atoms with E-state index in [4.69, 9.17) is 0 Å². The van der Waals surface area contributed by atoms with Gasteiger partial charge in [0.1, 0.15) is 0 Å². The predicted molar refractivity (Wildman–Crippen MR) is 84.2 cm³/mol. The first-order chi connectivity index (χ1) is 10.2. The molecule has 0 saturated heterocycles. The molecule has 0 saturated carbocycles. The third-order valence-electron chi connectivity index (χ3n) is 4.00. The Morgan fingerprint density at radius 3 is 2.76 bits per heavy atom. The monoisotopic (exact) mass is 280 g/mol. The molecular formula is C18H20N2O. The van der Waals surface area contributed by atoms with Crippen LogP contribution in [-0.2, 0) is 13.0 Å². The van der Waals surface area contributed by atoms with Crippen molar-refractivity contribution in [1.82, 2.24) is 10.6 Å². The number of nitrogens with one attached hydrogen (secondary N) is 2. The van der Waals surface area contributed by atoms with E-state index in [0.29, 0.717) is 0 Å². The Kier molecular flexibility index (Phi) is 4.02. The highest BCUT2D eigenvalue weighted by molar-refractivity contribution is 5.94. The molecule has 2 N–H and O–H groups in total. The smallest absolute Gasteiger partial charge is 0.251 e. The van der Waals surface area contributed by atoms with Crippen LogP contribution >= 0.6 is 0 Å². The molecule has 1 amide bonds. The molecule has 3 rings (SSSR count). The van der Waals surface area contributed by atoms with Gasteiger partial charge < -0.3 is 10.6 Å². The van der Waals surface area contributed by atoms with Gasteiger partial charge in [-0.3, -0.25) is 4.79 Å². The van der Waals surface area contributed by atoms with Crippen molar-refractivity contribution in [3.63, 3.8) is 0 Å². The molecule has 1 aliphatic heterocycles. The Labute approximate surface area is 125 Å². The van der Waals surface area contributed by atoms with Crippen molar-refractivity contribution in [3.8, 4) is 0 Å². The normalized spacial score (nSPS) is 15.1. The van der Waals surface area contributed by atoms with Gasteiger partial charge in [-0.1, -0.05) is 36.4 Å². The summed E-state index contributed by atoms with van der Waals surface area (Å²) < 4.78 is 0. The summed E-state index contributed by atoms with van der Waals surface area (Å²) in [7, 11) is 0. The first-order valence-corrected chi connectivity index (χ1v) is 7.42. The molecule has 3 heteroatoms. The van der Waals surface area contributed by atoms with Gasteiger partial charge in [-0.2, -0.15) is 0 Å². The van der Waals surface area contributed by atoms with Gasteiger partial charge in [-0.05, 0) is 48.7 Å². The van der Waals surface area contributed by atoms with Gasteiger partial charge >= 0.3 is 0 Å². The zero-order chi connectivity index (χ0) is 14.7. The molecule has 0 fully saturated rings. The van der Waals surface area contributed by atoms with E-state index >= 15 is 0 Å². The molecule has 0 unspecified atom stereocenters. The highest BCUT2D eigenvalue weighted by Gasteiger charge is 2.14. The van der Waals surface area contributed by atoms with Gasteiger partial charge in [0.2, 0.25) is 0 Å². The van der Waals surface area contributed by atoms with E-state index in [0.717, 1.165) is 30.6 Å². The van der Waals surface area contributed by atoms with E-state index in [1.165, 1.54) is 11.1 Å². The van der Waals surface area contributed by atoms with Gasteiger partial charge in [0.05, 0.1) is 6.04 Å². The van der Waals surface area contributed by atoms with Gasteiger partial charge in [0, 0.05) is 12.1 Å². The molecule has 0 bridgehead atoms. The zero-order valence-electron chi connectivity index (χ0n) is 12.2. The summed E-state index contributed by atoms with van der Waals surface area (Å²) in [4.78, 5) is 12.4. The molecule has 1 atom stereocenters. The number of carbonyl (C=O) groups is 1. The summed E-state index contributed by atoms with van der Waals surface area (Å²) in [6, 6.07) is 16.0. The highest BCUT2D eigenvalue weighted by atomic mass is 16.1. The van der Waals surface area contributed by atoms with Crippen molar-refractivity contribution >= 4 is 5.91 Å². The van der Waals surface area contributed by atoms with Crippen LogP contribution in [0, 0.1) is 0 Å². The van der Waals surface area contributed by atoms with E-state index in [1.807, 2.05) is 49.4 Å². The van der Waals surface area contributed by atoms with Crippen LogP contribution in [0.25, 0.3) is 0 Å². The average Bonchev–Trinajstić information content (AvgIpc) is 2.55.